The van der Waals surface area contributed by atoms with Crippen LogP contribution in [-0.2, 0) is 37.1 Å². The Balaban J connectivity index is 0.000000166. The molecule has 478 valence electrons. The van der Waals surface area contributed by atoms with E-state index in [-0.39, 0.29) is 31.8 Å². The standard InChI is InChI=1S/C18H15N3O3S.C17H13N3O3S.C11H8O2.C6H5Br.C6H9N3O2S.C5H5BO4.C2H6/c1-21-15-11-13(25(19,22)23)7-8-14(15)20-18(21)17-10-9-16(24-17)12-5-3-2-4-6-12;18-24(21,22)12-6-7-13-14(10-12)20-17(19-13)16-9-8-15(23-16)11-4-2-1-3-5-11;12-8-10-6-7-11(13-10)9-4-2-1-3-5-9;7-6-4-2-1-3-5-6;7-5-2-1-4(3-6(5)8)12(9,10)11;7-3-4-1-2-5(10-4)6(8)9;1-2/h2-11H,1H3,(H2,19,22,23);1-10H,(H,19,20)(H2,18,21,22);1-8H;1-5H;1-3H,7-8H2,(H2,9,10,11);1-3,8-9H;1-2H3. The Hall–Kier alpha value is -10.3. The SMILES string of the molecule is Brc1ccccc1.CC.Cn1c(-c2ccc(-c3ccccc3)o2)nc2ccc(S(N)(=O)=O)cc21.NS(=O)(=O)c1ccc2nc(-c3ccc(-c4ccccc4)o3)[nH]c2c1.Nc1ccc(S(N)(=O)=O)cc1N.O=Cc1ccc(-c2ccccc2)o1.O=Cc1ccc(B(O)O)o1. The molecule has 0 fully saturated rings. The van der Waals surface area contributed by atoms with E-state index in [4.69, 9.17) is 50.2 Å². The maximum absolute atomic E-state index is 11.6. The van der Waals surface area contributed by atoms with E-state index in [9.17, 15) is 34.8 Å². The Morgan fingerprint density at radius 3 is 1.34 bits per heavy atom. The van der Waals surface area contributed by atoms with Gasteiger partial charge in [-0.2, -0.15) is 0 Å². The molecule has 13 aromatic rings. The molecular formula is C65H61BBrN9O14S3. The molecule has 13 N–H and O–H groups in total. The van der Waals surface area contributed by atoms with E-state index in [0.717, 1.165) is 38.4 Å². The molecule has 93 heavy (non-hydrogen) atoms. The minimum absolute atomic E-state index is 0.0258. The minimum Gasteiger partial charge on any atom is -0.462 e. The minimum atomic E-state index is -3.76. The van der Waals surface area contributed by atoms with Crippen molar-refractivity contribution in [1.82, 2.24) is 19.5 Å². The third-order valence-electron chi connectivity index (χ3n) is 12.7. The van der Waals surface area contributed by atoms with Gasteiger partial charge < -0.3 is 48.7 Å². The molecule has 0 radical (unpaired) electrons. The third-order valence-corrected chi connectivity index (χ3v) is 15.9. The molecule has 6 heterocycles. The third kappa shape index (κ3) is 19.6. The number of hydrogen-bond donors (Lipinski definition) is 8. The van der Waals surface area contributed by atoms with Gasteiger partial charge in [0.15, 0.2) is 47.3 Å². The van der Waals surface area contributed by atoms with Gasteiger partial charge in [-0.25, -0.2) is 50.6 Å². The van der Waals surface area contributed by atoms with Crippen LogP contribution in [0.3, 0.4) is 0 Å². The highest BCUT2D eigenvalue weighted by atomic mass is 79.9. The number of rotatable bonds is 11. The van der Waals surface area contributed by atoms with Gasteiger partial charge in [-0.05, 0) is 115 Å². The number of aromatic nitrogens is 4. The van der Waals surface area contributed by atoms with Gasteiger partial charge in [0.1, 0.15) is 22.9 Å². The Kier molecular flexibility index (Phi) is 24.3. The maximum Gasteiger partial charge on any atom is 0.526 e. The molecule has 23 nitrogen and oxygen atoms in total. The number of carbonyl (C=O) groups excluding carboxylic acids is 2. The second-order valence-electron chi connectivity index (χ2n) is 19.1. The number of aryl methyl sites for hydroxylation is 1. The van der Waals surface area contributed by atoms with Gasteiger partial charge in [-0.1, -0.05) is 139 Å². The highest BCUT2D eigenvalue weighted by Gasteiger charge is 2.19. The van der Waals surface area contributed by atoms with E-state index in [0.29, 0.717) is 69.3 Å². The Morgan fingerprint density at radius 1 is 0.473 bits per heavy atom. The summed E-state index contributed by atoms with van der Waals surface area (Å²) in [6.45, 7) is 4.00. The lowest BCUT2D eigenvalue weighted by atomic mass is 9.88. The first-order valence-corrected chi connectivity index (χ1v) is 33.0. The maximum atomic E-state index is 11.6. The second kappa shape index (κ2) is 32.1. The van der Waals surface area contributed by atoms with Crippen molar-refractivity contribution in [3.8, 4) is 57.1 Å². The fraction of sp³-hybridized carbons (Fsp3) is 0.0462. The van der Waals surface area contributed by atoms with Crippen LogP contribution in [-0.4, -0.2) is 74.5 Å². The van der Waals surface area contributed by atoms with E-state index in [1.165, 1.54) is 54.6 Å². The van der Waals surface area contributed by atoms with Crippen LogP contribution in [0.2, 0.25) is 0 Å². The normalized spacial score (nSPS) is 10.8. The van der Waals surface area contributed by atoms with Gasteiger partial charge in [0.05, 0.1) is 48.1 Å². The van der Waals surface area contributed by atoms with E-state index in [1.807, 2.05) is 166 Å². The van der Waals surface area contributed by atoms with Gasteiger partial charge >= 0.3 is 7.12 Å². The first-order valence-electron chi connectivity index (χ1n) is 27.6. The van der Waals surface area contributed by atoms with Gasteiger partial charge in [0.25, 0.3) is 0 Å². The zero-order valence-corrected chi connectivity index (χ0v) is 53.8. The summed E-state index contributed by atoms with van der Waals surface area (Å²) in [6, 6.07) is 65.8. The summed E-state index contributed by atoms with van der Waals surface area (Å²) in [6.07, 6.45) is 1.19. The fourth-order valence-electron chi connectivity index (χ4n) is 8.18. The molecule has 7 aromatic carbocycles. The van der Waals surface area contributed by atoms with E-state index in [1.54, 1.807) is 28.8 Å². The number of imidazole rings is 2. The fourth-order valence-corrected chi connectivity index (χ4v) is 10.1. The van der Waals surface area contributed by atoms with Crippen molar-refractivity contribution in [3.63, 3.8) is 0 Å². The summed E-state index contributed by atoms with van der Waals surface area (Å²) in [7, 11) is -11.0. The van der Waals surface area contributed by atoms with E-state index in [2.05, 4.69) is 35.3 Å². The lowest BCUT2D eigenvalue weighted by Crippen LogP contribution is -2.27. The summed E-state index contributed by atoms with van der Waals surface area (Å²) < 4.78 is 92.1. The number of anilines is 2. The zero-order chi connectivity index (χ0) is 67.5. The summed E-state index contributed by atoms with van der Waals surface area (Å²) in [5.74, 6) is 4.97. The van der Waals surface area contributed by atoms with Crippen LogP contribution in [0.25, 0.3) is 79.2 Å². The topological polar surface area (TPSA) is 406 Å². The molecule has 0 saturated heterocycles. The summed E-state index contributed by atoms with van der Waals surface area (Å²) in [4.78, 5) is 32.4. The number of aromatic amines is 1. The molecule has 0 spiro atoms. The molecule has 0 atom stereocenters. The van der Waals surface area contributed by atoms with Crippen LogP contribution < -0.4 is 32.5 Å². The number of carbonyl (C=O) groups is 2. The van der Waals surface area contributed by atoms with Crippen LogP contribution in [0, 0.1) is 0 Å². The highest BCUT2D eigenvalue weighted by molar-refractivity contribution is 9.10. The number of nitrogen functional groups attached to an aromatic ring is 2. The Labute approximate surface area is 543 Å². The van der Waals surface area contributed by atoms with Crippen molar-refractivity contribution < 1.29 is 62.6 Å². The lowest BCUT2D eigenvalue weighted by molar-refractivity contribution is 0.109. The number of hydrogen-bond acceptors (Lipinski definition) is 18. The Bertz CT molecular complexity index is 4950. The highest BCUT2D eigenvalue weighted by Crippen LogP contribution is 2.32. The molecule has 0 amide bonds. The van der Waals surface area contributed by atoms with Gasteiger partial charge in [-0.3, -0.25) is 9.59 Å². The molecule has 0 bridgehead atoms. The number of nitrogens with zero attached hydrogens (tertiary/aromatic N) is 3. The van der Waals surface area contributed by atoms with Gasteiger partial charge in [0.2, 0.25) is 30.1 Å². The van der Waals surface area contributed by atoms with E-state index < -0.39 is 37.2 Å². The lowest BCUT2D eigenvalue weighted by Gasteiger charge is -2.01. The number of fused-ring (bicyclic) bond motifs is 2. The number of sulfonamides is 3. The van der Waals surface area contributed by atoms with Crippen molar-refractivity contribution in [3.05, 3.63) is 240 Å². The molecule has 0 aliphatic carbocycles. The number of halogens is 1. The number of benzene rings is 7. The van der Waals surface area contributed by atoms with Crippen LogP contribution in [0.1, 0.15) is 35.0 Å². The van der Waals surface area contributed by atoms with Gasteiger partial charge in [0, 0.05) is 28.2 Å². The molecule has 28 heteroatoms. The average molecular weight is 1380 g/mol. The smallest absolute Gasteiger partial charge is 0.462 e. The second-order valence-corrected chi connectivity index (χ2v) is 24.7. The predicted octanol–water partition coefficient (Wildman–Crippen LogP) is 10.8. The largest absolute Gasteiger partial charge is 0.526 e. The van der Waals surface area contributed by atoms with Crippen LogP contribution in [0.4, 0.5) is 11.4 Å². The summed E-state index contributed by atoms with van der Waals surface area (Å²) >= 11 is 3.31. The molecule has 0 aliphatic rings. The van der Waals surface area contributed by atoms with Crippen molar-refractivity contribution in [2.45, 2.75) is 28.5 Å². The molecule has 13 rings (SSSR count). The number of primary sulfonamides is 3. The molecule has 6 aromatic heterocycles. The number of H-pyrrole nitrogens is 1. The monoisotopic (exact) mass is 1380 g/mol. The zero-order valence-electron chi connectivity index (χ0n) is 49.7. The average Bonchev–Trinajstić information content (AvgIpc) is 1.67. The predicted molar refractivity (Wildman–Crippen MR) is 361 cm³/mol. The number of aldehydes is 2. The van der Waals surface area contributed by atoms with Crippen LogP contribution in [0.5, 0.6) is 0 Å². The van der Waals surface area contributed by atoms with Gasteiger partial charge in [-0.15, -0.1) is 0 Å². The molecule has 0 saturated carbocycles. The first-order chi connectivity index (χ1) is 44.4. The molecular weight excluding hydrogens is 1320 g/mol. The quantitative estimate of drug-likeness (QED) is 0.0339. The van der Waals surface area contributed by atoms with Crippen LogP contribution >= 0.6 is 15.9 Å². The number of nitrogens with two attached hydrogens (primary N) is 5. The van der Waals surface area contributed by atoms with Crippen molar-refractivity contribution in [2.75, 3.05) is 11.5 Å². The molecule has 0 unspecified atom stereocenters. The first kappa shape index (κ1) is 70.2. The van der Waals surface area contributed by atoms with Crippen molar-refractivity contribution in [2.24, 2.45) is 22.5 Å². The number of furan rings is 4. The molecule has 0 aliphatic heterocycles. The summed E-state index contributed by atoms with van der Waals surface area (Å²) in [5, 5.41) is 32.2. The Morgan fingerprint density at radius 2 is 0.892 bits per heavy atom. The van der Waals surface area contributed by atoms with E-state index >= 15 is 0 Å². The van der Waals surface area contributed by atoms with Crippen molar-refractivity contribution >= 4 is 105 Å². The van der Waals surface area contributed by atoms with Crippen LogP contribution in [0.15, 0.2) is 261 Å². The summed E-state index contributed by atoms with van der Waals surface area (Å²) in [5.41, 5.74) is 16.7. The van der Waals surface area contributed by atoms with Crippen molar-refractivity contribution in [1.29, 1.82) is 0 Å². The number of nitrogens with one attached hydrogen (secondary N) is 1.